The summed E-state index contributed by atoms with van der Waals surface area (Å²) in [5.41, 5.74) is 7.73. The molecule has 0 unspecified atom stereocenters. The van der Waals surface area contributed by atoms with E-state index >= 15 is 0 Å². The number of hydrogen-bond donors (Lipinski definition) is 3. The smallest absolute Gasteiger partial charge is 0.280 e. The third-order valence-electron chi connectivity index (χ3n) is 6.99. The van der Waals surface area contributed by atoms with Crippen molar-refractivity contribution in [3.63, 3.8) is 0 Å². The van der Waals surface area contributed by atoms with Gasteiger partial charge in [-0.2, -0.15) is 4.98 Å². The molecular formula is C29H27N5O4. The first kappa shape index (κ1) is 24.1. The highest BCUT2D eigenvalue weighted by atomic mass is 16.6. The van der Waals surface area contributed by atoms with Crippen molar-refractivity contribution >= 4 is 17.1 Å². The fraction of sp³-hybridized carbons (Fsp3) is 0.207. The molecule has 3 heterocycles. The summed E-state index contributed by atoms with van der Waals surface area (Å²) >= 11 is 0. The van der Waals surface area contributed by atoms with Crippen LogP contribution < -0.4 is 11.3 Å². The van der Waals surface area contributed by atoms with Crippen LogP contribution in [0.15, 0.2) is 102 Å². The van der Waals surface area contributed by atoms with E-state index in [4.69, 9.17) is 15.2 Å². The van der Waals surface area contributed by atoms with Gasteiger partial charge in [0.1, 0.15) is 17.9 Å². The Balaban J connectivity index is 1.46. The van der Waals surface area contributed by atoms with Crippen molar-refractivity contribution in [2.75, 3.05) is 12.3 Å². The number of aliphatic hydroxyl groups is 1. The molecule has 2 aromatic heterocycles. The Kier molecular flexibility index (Phi) is 6.24. The number of aromatic amines is 1. The third-order valence-corrected chi connectivity index (χ3v) is 6.99. The highest BCUT2D eigenvalue weighted by molar-refractivity contribution is 5.70. The number of imidazole rings is 1. The van der Waals surface area contributed by atoms with E-state index in [-0.39, 0.29) is 18.1 Å². The van der Waals surface area contributed by atoms with Gasteiger partial charge < -0.3 is 20.3 Å². The highest BCUT2D eigenvalue weighted by Gasteiger charge is 2.46. The molecule has 0 radical (unpaired) electrons. The number of nitrogens with two attached hydrogens (primary N) is 1. The summed E-state index contributed by atoms with van der Waals surface area (Å²) in [6.45, 7) is -0.252. The molecule has 1 aliphatic heterocycles. The van der Waals surface area contributed by atoms with Gasteiger partial charge >= 0.3 is 0 Å². The summed E-state index contributed by atoms with van der Waals surface area (Å²) in [4.78, 5) is 23.3. The van der Waals surface area contributed by atoms with E-state index in [0.29, 0.717) is 12.1 Å². The summed E-state index contributed by atoms with van der Waals surface area (Å²) in [7, 11) is 0. The topological polar surface area (TPSA) is 128 Å². The van der Waals surface area contributed by atoms with E-state index in [1.807, 2.05) is 91.0 Å². The number of nitrogens with one attached hydrogen (secondary N) is 1. The molecule has 1 aliphatic rings. The minimum Gasteiger partial charge on any atom is -0.394 e. The first-order valence-corrected chi connectivity index (χ1v) is 12.4. The number of ether oxygens (including phenoxy) is 2. The molecule has 1 saturated heterocycles. The number of fused-ring (bicyclic) bond motifs is 1. The summed E-state index contributed by atoms with van der Waals surface area (Å²) in [6, 6.07) is 30.1. The van der Waals surface area contributed by atoms with Crippen LogP contribution in [0.5, 0.6) is 0 Å². The van der Waals surface area contributed by atoms with Crippen molar-refractivity contribution in [3.8, 4) is 0 Å². The molecule has 3 aromatic carbocycles. The second-order valence-corrected chi connectivity index (χ2v) is 9.26. The lowest BCUT2D eigenvalue weighted by Gasteiger charge is -2.39. The van der Waals surface area contributed by atoms with E-state index in [0.717, 1.165) is 16.7 Å². The number of aliphatic hydroxyl groups excluding tert-OH is 1. The van der Waals surface area contributed by atoms with Crippen LogP contribution >= 0.6 is 0 Å². The third kappa shape index (κ3) is 4.06. The van der Waals surface area contributed by atoms with Crippen LogP contribution in [0.25, 0.3) is 11.2 Å². The predicted molar refractivity (Wildman–Crippen MR) is 142 cm³/mol. The highest BCUT2D eigenvalue weighted by Crippen LogP contribution is 2.45. The van der Waals surface area contributed by atoms with Crippen LogP contribution in [0, 0.1) is 0 Å². The van der Waals surface area contributed by atoms with Crippen LogP contribution in [0.4, 0.5) is 5.95 Å². The molecule has 0 aliphatic carbocycles. The van der Waals surface area contributed by atoms with Crippen LogP contribution in [-0.4, -0.2) is 43.4 Å². The number of anilines is 1. The Morgan fingerprint density at radius 2 is 1.53 bits per heavy atom. The molecule has 192 valence electrons. The van der Waals surface area contributed by atoms with Gasteiger partial charge in [0.05, 0.1) is 19.0 Å². The van der Waals surface area contributed by atoms with Crippen molar-refractivity contribution in [1.82, 2.24) is 19.5 Å². The first-order valence-electron chi connectivity index (χ1n) is 12.4. The molecule has 0 spiro atoms. The number of aromatic nitrogens is 4. The Hall–Kier alpha value is -4.31. The molecule has 1 fully saturated rings. The average molecular weight is 510 g/mol. The molecular weight excluding hydrogens is 482 g/mol. The summed E-state index contributed by atoms with van der Waals surface area (Å²) in [6.07, 6.45) is 0.178. The fourth-order valence-electron chi connectivity index (χ4n) is 5.26. The predicted octanol–water partition coefficient (Wildman–Crippen LogP) is 3.36. The Bertz CT molecular complexity index is 1490. The fourth-order valence-corrected chi connectivity index (χ4v) is 5.26. The monoisotopic (exact) mass is 509 g/mol. The number of benzene rings is 3. The van der Waals surface area contributed by atoms with Crippen molar-refractivity contribution in [3.05, 3.63) is 124 Å². The molecule has 0 saturated carbocycles. The second kappa shape index (κ2) is 9.86. The van der Waals surface area contributed by atoms with Gasteiger partial charge in [-0.15, -0.1) is 0 Å². The van der Waals surface area contributed by atoms with Crippen LogP contribution in [-0.2, 0) is 15.1 Å². The lowest BCUT2D eigenvalue weighted by atomic mass is 9.79. The zero-order valence-electron chi connectivity index (χ0n) is 20.5. The Labute approximate surface area is 218 Å². The van der Waals surface area contributed by atoms with Crippen LogP contribution in [0.1, 0.15) is 29.3 Å². The maximum Gasteiger partial charge on any atom is 0.280 e. The number of nitrogen functional groups attached to an aromatic ring is 1. The van der Waals surface area contributed by atoms with Crippen molar-refractivity contribution < 1.29 is 14.6 Å². The largest absolute Gasteiger partial charge is 0.394 e. The average Bonchev–Trinajstić information content (AvgIpc) is 3.57. The lowest BCUT2D eigenvalue weighted by Crippen LogP contribution is -2.40. The second-order valence-electron chi connectivity index (χ2n) is 9.26. The number of H-pyrrole nitrogens is 1. The normalized spacial score (nSPS) is 19.7. The molecule has 4 N–H and O–H groups in total. The van der Waals surface area contributed by atoms with E-state index in [2.05, 4.69) is 15.0 Å². The molecule has 0 bridgehead atoms. The van der Waals surface area contributed by atoms with Crippen molar-refractivity contribution in [2.24, 2.45) is 0 Å². The van der Waals surface area contributed by atoms with E-state index in [1.165, 1.54) is 6.33 Å². The van der Waals surface area contributed by atoms with Crippen molar-refractivity contribution in [1.29, 1.82) is 0 Å². The van der Waals surface area contributed by atoms with Gasteiger partial charge in [0.25, 0.3) is 5.56 Å². The molecule has 3 atom stereocenters. The van der Waals surface area contributed by atoms with Gasteiger partial charge in [-0.1, -0.05) is 91.0 Å². The van der Waals surface area contributed by atoms with Gasteiger partial charge in [0, 0.05) is 6.42 Å². The zero-order valence-corrected chi connectivity index (χ0v) is 20.5. The molecule has 0 amide bonds. The maximum atomic E-state index is 12.3. The van der Waals surface area contributed by atoms with E-state index in [1.54, 1.807) is 4.57 Å². The van der Waals surface area contributed by atoms with Gasteiger partial charge in [0.15, 0.2) is 11.2 Å². The molecule has 6 rings (SSSR count). The Morgan fingerprint density at radius 3 is 2.05 bits per heavy atom. The molecule has 9 heteroatoms. The van der Waals surface area contributed by atoms with E-state index < -0.39 is 29.6 Å². The van der Waals surface area contributed by atoms with Gasteiger partial charge in [-0.25, -0.2) is 4.98 Å². The summed E-state index contributed by atoms with van der Waals surface area (Å²) in [5.74, 6) is -0.00925. The molecule has 5 aromatic rings. The number of rotatable bonds is 7. The number of hydrogen-bond acceptors (Lipinski definition) is 7. The minimum absolute atomic E-state index is 0.00925. The lowest BCUT2D eigenvalue weighted by molar-refractivity contribution is -0.0988. The zero-order chi connectivity index (χ0) is 26.1. The number of nitrogens with zero attached hydrogens (tertiary/aromatic N) is 3. The molecule has 38 heavy (non-hydrogen) atoms. The van der Waals surface area contributed by atoms with Crippen LogP contribution in [0.3, 0.4) is 0 Å². The van der Waals surface area contributed by atoms with Gasteiger partial charge in [0.2, 0.25) is 5.95 Å². The quantitative estimate of drug-likeness (QED) is 0.287. The first-order chi connectivity index (χ1) is 18.6. The van der Waals surface area contributed by atoms with Crippen LogP contribution in [0.2, 0.25) is 0 Å². The van der Waals surface area contributed by atoms with Crippen molar-refractivity contribution in [2.45, 2.75) is 30.5 Å². The maximum absolute atomic E-state index is 12.3. The standard InChI is InChI=1S/C29H27N5O4/c30-28-32-26-25(27(36)33-28)31-18-34(26)24-16-22(23(17-35)37-24)38-29(19-10-4-1-5-11-19,20-12-6-2-7-13-20)21-14-8-3-9-15-21/h1-15,18,22-24,35H,16-17H2,(H3,30,32,33,36)/t22-,23+,24+/m0/s1. The Morgan fingerprint density at radius 1 is 0.974 bits per heavy atom. The van der Waals surface area contributed by atoms with E-state index in [9.17, 15) is 9.90 Å². The van der Waals surface area contributed by atoms with Gasteiger partial charge in [-0.05, 0) is 16.7 Å². The van der Waals surface area contributed by atoms with Gasteiger partial charge in [-0.3, -0.25) is 14.3 Å². The molecule has 9 nitrogen and oxygen atoms in total. The minimum atomic E-state index is -0.975. The summed E-state index contributed by atoms with van der Waals surface area (Å²) in [5, 5.41) is 10.3. The SMILES string of the molecule is Nc1nc2c(ncn2[C@H]2C[C@H](OC(c3ccccc3)(c3ccccc3)c3ccccc3)[C@@H](CO)O2)c(=O)[nH]1. The summed E-state index contributed by atoms with van der Waals surface area (Å²) < 4.78 is 15.0.